The van der Waals surface area contributed by atoms with Crippen LogP contribution in [0.4, 0.5) is 0 Å². The first kappa shape index (κ1) is 18.2. The number of benzene rings is 2. The molecule has 1 amide bonds. The van der Waals surface area contributed by atoms with Gasteiger partial charge in [-0.1, -0.05) is 42.0 Å². The molecule has 1 aliphatic carbocycles. The lowest BCUT2D eigenvalue weighted by molar-refractivity contribution is -0.129. The van der Waals surface area contributed by atoms with E-state index in [1.807, 2.05) is 30.3 Å². The van der Waals surface area contributed by atoms with Crippen molar-refractivity contribution in [1.29, 1.82) is 0 Å². The quantitative estimate of drug-likeness (QED) is 0.620. The standard InChI is InChI=1S/C22H25NO3/c1-16(21(24)23-14-13-17-7-3-2-4-8-17)26-22(25)20-12-11-18-9-5-6-10-19(18)15-20/h5-7,9-12,15-16H,2-4,8,13-14H2,1H3,(H,23,24)/t16-/m1/s1. The molecule has 1 atom stereocenters. The van der Waals surface area contributed by atoms with Gasteiger partial charge in [-0.25, -0.2) is 4.79 Å². The SMILES string of the molecule is C[C@@H](OC(=O)c1ccc2ccccc2c1)C(=O)NCCC1=CCCCC1. The Hall–Kier alpha value is -2.62. The molecule has 0 fully saturated rings. The van der Waals surface area contributed by atoms with E-state index in [0.29, 0.717) is 12.1 Å². The molecule has 0 aliphatic heterocycles. The minimum atomic E-state index is -0.811. The van der Waals surface area contributed by atoms with E-state index in [4.69, 9.17) is 4.74 Å². The maximum Gasteiger partial charge on any atom is 0.338 e. The number of rotatable bonds is 6. The van der Waals surface area contributed by atoms with Crippen LogP contribution in [0.5, 0.6) is 0 Å². The molecule has 2 aromatic carbocycles. The van der Waals surface area contributed by atoms with Crippen molar-refractivity contribution >= 4 is 22.6 Å². The lowest BCUT2D eigenvalue weighted by Crippen LogP contribution is -2.36. The number of ether oxygens (including phenoxy) is 1. The Bertz CT molecular complexity index is 825. The van der Waals surface area contributed by atoms with Crippen molar-refractivity contribution in [2.75, 3.05) is 6.54 Å². The van der Waals surface area contributed by atoms with Crippen LogP contribution in [0.15, 0.2) is 54.1 Å². The molecule has 2 aromatic rings. The monoisotopic (exact) mass is 351 g/mol. The third kappa shape index (κ3) is 4.72. The molecule has 0 bridgehead atoms. The van der Waals surface area contributed by atoms with Crippen molar-refractivity contribution in [3.63, 3.8) is 0 Å². The average Bonchev–Trinajstić information content (AvgIpc) is 2.68. The first-order chi connectivity index (χ1) is 12.6. The van der Waals surface area contributed by atoms with Crippen molar-refractivity contribution in [2.45, 2.75) is 45.1 Å². The number of fused-ring (bicyclic) bond motifs is 1. The van der Waals surface area contributed by atoms with Crippen LogP contribution < -0.4 is 5.32 Å². The van der Waals surface area contributed by atoms with Crippen molar-refractivity contribution in [2.24, 2.45) is 0 Å². The van der Waals surface area contributed by atoms with Gasteiger partial charge in [0.25, 0.3) is 5.91 Å². The summed E-state index contributed by atoms with van der Waals surface area (Å²) in [6, 6.07) is 13.2. The van der Waals surface area contributed by atoms with Crippen LogP contribution in [0.1, 0.15) is 49.4 Å². The van der Waals surface area contributed by atoms with Crippen LogP contribution >= 0.6 is 0 Å². The lowest BCUT2D eigenvalue weighted by Gasteiger charge is -2.15. The molecular weight excluding hydrogens is 326 g/mol. The summed E-state index contributed by atoms with van der Waals surface area (Å²) in [4.78, 5) is 24.5. The van der Waals surface area contributed by atoms with Gasteiger partial charge in [0.15, 0.2) is 6.10 Å². The number of carbonyl (C=O) groups is 2. The molecule has 1 aliphatic rings. The van der Waals surface area contributed by atoms with Gasteiger partial charge in [-0.15, -0.1) is 0 Å². The molecule has 0 radical (unpaired) electrons. The molecule has 0 aromatic heterocycles. The predicted octanol–water partition coefficient (Wildman–Crippen LogP) is 4.39. The number of nitrogens with one attached hydrogen (secondary N) is 1. The van der Waals surface area contributed by atoms with E-state index in [9.17, 15) is 9.59 Å². The first-order valence-corrected chi connectivity index (χ1v) is 9.29. The zero-order chi connectivity index (χ0) is 18.4. The summed E-state index contributed by atoms with van der Waals surface area (Å²) in [5.41, 5.74) is 1.87. The molecule has 0 saturated carbocycles. The van der Waals surface area contributed by atoms with Gasteiger partial charge in [-0.05, 0) is 61.9 Å². The maximum absolute atomic E-state index is 12.3. The Balaban J connectivity index is 1.50. The summed E-state index contributed by atoms with van der Waals surface area (Å²) in [5.74, 6) is -0.732. The second-order valence-electron chi connectivity index (χ2n) is 6.76. The van der Waals surface area contributed by atoms with Gasteiger partial charge in [0.1, 0.15) is 0 Å². The molecule has 1 N–H and O–H groups in total. The van der Waals surface area contributed by atoms with E-state index in [0.717, 1.165) is 30.0 Å². The maximum atomic E-state index is 12.3. The molecule has 4 nitrogen and oxygen atoms in total. The van der Waals surface area contributed by atoms with Gasteiger partial charge in [0.05, 0.1) is 5.56 Å². The van der Waals surface area contributed by atoms with Crippen LogP contribution in [-0.2, 0) is 9.53 Å². The lowest BCUT2D eigenvalue weighted by atomic mass is 9.97. The van der Waals surface area contributed by atoms with E-state index in [2.05, 4.69) is 11.4 Å². The third-order valence-corrected chi connectivity index (χ3v) is 4.77. The van der Waals surface area contributed by atoms with Gasteiger partial charge in [0.2, 0.25) is 0 Å². The number of carbonyl (C=O) groups excluding carboxylic acids is 2. The predicted molar refractivity (Wildman–Crippen MR) is 103 cm³/mol. The van der Waals surface area contributed by atoms with Gasteiger partial charge in [0, 0.05) is 6.54 Å². The highest BCUT2D eigenvalue weighted by Gasteiger charge is 2.19. The second-order valence-corrected chi connectivity index (χ2v) is 6.76. The average molecular weight is 351 g/mol. The molecule has 0 spiro atoms. The first-order valence-electron chi connectivity index (χ1n) is 9.29. The van der Waals surface area contributed by atoms with Crippen molar-refractivity contribution in [3.05, 3.63) is 59.7 Å². The summed E-state index contributed by atoms with van der Waals surface area (Å²) in [6.07, 6.45) is 7.10. The summed E-state index contributed by atoms with van der Waals surface area (Å²) in [6.45, 7) is 2.19. The summed E-state index contributed by atoms with van der Waals surface area (Å²) in [5, 5.41) is 4.89. The minimum Gasteiger partial charge on any atom is -0.449 e. The largest absolute Gasteiger partial charge is 0.449 e. The fourth-order valence-corrected chi connectivity index (χ4v) is 3.22. The molecule has 3 rings (SSSR count). The summed E-state index contributed by atoms with van der Waals surface area (Å²) >= 11 is 0. The van der Waals surface area contributed by atoms with E-state index < -0.39 is 12.1 Å². The number of hydrogen-bond acceptors (Lipinski definition) is 3. The zero-order valence-corrected chi connectivity index (χ0v) is 15.2. The summed E-state index contributed by atoms with van der Waals surface area (Å²) in [7, 11) is 0. The van der Waals surface area contributed by atoms with Crippen LogP contribution in [0, 0.1) is 0 Å². The van der Waals surface area contributed by atoms with E-state index in [1.165, 1.54) is 18.4 Å². The molecule has 0 unspecified atom stereocenters. The second kappa shape index (κ2) is 8.65. The highest BCUT2D eigenvalue weighted by Crippen LogP contribution is 2.19. The van der Waals surface area contributed by atoms with Gasteiger partial charge in [-0.2, -0.15) is 0 Å². The fraction of sp³-hybridized carbons (Fsp3) is 0.364. The highest BCUT2D eigenvalue weighted by molar-refractivity contribution is 5.96. The van der Waals surface area contributed by atoms with E-state index >= 15 is 0 Å². The zero-order valence-electron chi connectivity index (χ0n) is 15.2. The Kier molecular flexibility index (Phi) is 6.05. The Morgan fingerprint density at radius 3 is 2.69 bits per heavy atom. The molecule has 136 valence electrons. The fourth-order valence-electron chi connectivity index (χ4n) is 3.22. The van der Waals surface area contributed by atoms with Crippen molar-refractivity contribution in [1.82, 2.24) is 5.32 Å². The van der Waals surface area contributed by atoms with Crippen LogP contribution in [0.3, 0.4) is 0 Å². The van der Waals surface area contributed by atoms with Crippen LogP contribution in [0.25, 0.3) is 10.8 Å². The highest BCUT2D eigenvalue weighted by atomic mass is 16.5. The van der Waals surface area contributed by atoms with Gasteiger partial charge >= 0.3 is 5.97 Å². The number of hydrogen-bond donors (Lipinski definition) is 1. The summed E-state index contributed by atoms with van der Waals surface area (Å²) < 4.78 is 5.32. The molecule has 26 heavy (non-hydrogen) atoms. The molecule has 0 heterocycles. The normalized spacial score (nSPS) is 15.2. The Morgan fingerprint density at radius 2 is 1.92 bits per heavy atom. The van der Waals surface area contributed by atoms with Crippen LogP contribution in [0.2, 0.25) is 0 Å². The minimum absolute atomic E-state index is 0.254. The molecule has 4 heteroatoms. The Morgan fingerprint density at radius 1 is 1.12 bits per heavy atom. The van der Waals surface area contributed by atoms with Crippen molar-refractivity contribution < 1.29 is 14.3 Å². The molecule has 0 saturated heterocycles. The van der Waals surface area contributed by atoms with E-state index in [-0.39, 0.29) is 5.91 Å². The third-order valence-electron chi connectivity index (χ3n) is 4.77. The van der Waals surface area contributed by atoms with Crippen molar-refractivity contribution in [3.8, 4) is 0 Å². The van der Waals surface area contributed by atoms with Crippen LogP contribution in [-0.4, -0.2) is 24.5 Å². The smallest absolute Gasteiger partial charge is 0.338 e. The topological polar surface area (TPSA) is 55.4 Å². The number of amides is 1. The number of allylic oxidation sites excluding steroid dienone is 1. The number of esters is 1. The van der Waals surface area contributed by atoms with E-state index in [1.54, 1.807) is 19.1 Å². The molecular formula is C22H25NO3. The van der Waals surface area contributed by atoms with Gasteiger partial charge < -0.3 is 10.1 Å². The van der Waals surface area contributed by atoms with Gasteiger partial charge in [-0.3, -0.25) is 4.79 Å². The Labute approximate surface area is 154 Å².